The number of aromatic amines is 1. The van der Waals surface area contributed by atoms with Crippen LogP contribution < -0.4 is 16.4 Å². The van der Waals surface area contributed by atoms with Gasteiger partial charge in [0.25, 0.3) is 0 Å². The normalized spacial score (nSPS) is 16.5. The van der Waals surface area contributed by atoms with Crippen LogP contribution in [-0.2, 0) is 6.18 Å². The molecule has 5 N–H and O–H groups in total. The molecule has 31 heavy (non-hydrogen) atoms. The van der Waals surface area contributed by atoms with Gasteiger partial charge >= 0.3 is 6.18 Å². The quantitative estimate of drug-likeness (QED) is 0.567. The largest absolute Gasteiger partial charge is 0.416 e. The van der Waals surface area contributed by atoms with Crippen LogP contribution in [0.5, 0.6) is 0 Å². The summed E-state index contributed by atoms with van der Waals surface area (Å²) in [4.78, 5) is 12.8. The Hall–Kier alpha value is -3.18. The summed E-state index contributed by atoms with van der Waals surface area (Å²) in [7, 11) is 0. The van der Waals surface area contributed by atoms with Crippen molar-refractivity contribution >= 4 is 11.6 Å². The van der Waals surface area contributed by atoms with E-state index in [4.69, 9.17) is 11.5 Å². The van der Waals surface area contributed by atoms with Crippen molar-refractivity contribution in [2.45, 2.75) is 12.2 Å². The molecule has 3 aromatic rings. The third-order valence-electron chi connectivity index (χ3n) is 5.54. The van der Waals surface area contributed by atoms with Crippen molar-refractivity contribution in [3.05, 3.63) is 54.1 Å². The summed E-state index contributed by atoms with van der Waals surface area (Å²) < 4.78 is 38.6. The Labute approximate surface area is 177 Å². The van der Waals surface area contributed by atoms with Gasteiger partial charge in [-0.2, -0.15) is 18.3 Å². The SMILES string of the molecule is NC[C@H](c1ccc(C(F)(F)F)cc1)N1CCN(c2ncnc(N)c2-c2cn[nH]c2)CC1. The maximum absolute atomic E-state index is 12.9. The lowest BCUT2D eigenvalue weighted by Crippen LogP contribution is -2.49. The fraction of sp³-hybridized carbons (Fsp3) is 0.350. The molecule has 11 heteroatoms. The van der Waals surface area contributed by atoms with E-state index < -0.39 is 11.7 Å². The summed E-state index contributed by atoms with van der Waals surface area (Å²) >= 11 is 0. The van der Waals surface area contributed by atoms with Gasteiger partial charge in [0, 0.05) is 50.5 Å². The highest BCUT2D eigenvalue weighted by Gasteiger charge is 2.31. The molecule has 0 spiro atoms. The first-order valence-corrected chi connectivity index (χ1v) is 9.84. The van der Waals surface area contributed by atoms with Crippen LogP contribution in [0, 0.1) is 0 Å². The van der Waals surface area contributed by atoms with Gasteiger partial charge in [0.1, 0.15) is 18.0 Å². The number of H-pyrrole nitrogens is 1. The first-order valence-electron chi connectivity index (χ1n) is 9.84. The molecule has 0 aliphatic carbocycles. The summed E-state index contributed by atoms with van der Waals surface area (Å²) in [6, 6.07) is 5.07. The number of anilines is 2. The van der Waals surface area contributed by atoms with Gasteiger partial charge in [0.05, 0.1) is 17.3 Å². The number of halogens is 3. The molecule has 0 unspecified atom stereocenters. The minimum absolute atomic E-state index is 0.159. The molecule has 1 aliphatic rings. The summed E-state index contributed by atoms with van der Waals surface area (Å²) in [5, 5.41) is 6.75. The second-order valence-electron chi connectivity index (χ2n) is 7.34. The molecule has 0 amide bonds. The van der Waals surface area contributed by atoms with Gasteiger partial charge < -0.3 is 16.4 Å². The zero-order valence-electron chi connectivity index (χ0n) is 16.7. The number of hydrogen-bond acceptors (Lipinski definition) is 7. The van der Waals surface area contributed by atoms with Crippen molar-refractivity contribution in [1.29, 1.82) is 0 Å². The average Bonchev–Trinajstić information content (AvgIpc) is 3.29. The van der Waals surface area contributed by atoms with Crippen molar-refractivity contribution in [3.63, 3.8) is 0 Å². The second-order valence-corrected chi connectivity index (χ2v) is 7.34. The second kappa shape index (κ2) is 8.52. The smallest absolute Gasteiger partial charge is 0.383 e. The molecule has 4 rings (SSSR count). The van der Waals surface area contributed by atoms with E-state index in [9.17, 15) is 13.2 Å². The van der Waals surface area contributed by atoms with Crippen molar-refractivity contribution in [2.24, 2.45) is 5.73 Å². The van der Waals surface area contributed by atoms with Gasteiger partial charge in [-0.3, -0.25) is 10.00 Å². The third-order valence-corrected chi connectivity index (χ3v) is 5.54. The van der Waals surface area contributed by atoms with Gasteiger partial charge in [-0.05, 0) is 17.7 Å². The molecule has 0 radical (unpaired) electrons. The Morgan fingerprint density at radius 3 is 2.35 bits per heavy atom. The summed E-state index contributed by atoms with van der Waals surface area (Å²) in [5.74, 6) is 1.10. The molecule has 0 saturated carbocycles. The molecular weight excluding hydrogens is 409 g/mol. The van der Waals surface area contributed by atoms with E-state index in [1.807, 2.05) is 0 Å². The highest BCUT2D eigenvalue weighted by Crippen LogP contribution is 2.34. The number of piperazine rings is 1. The number of nitrogens with zero attached hydrogens (tertiary/aromatic N) is 5. The Bertz CT molecular complexity index is 996. The molecule has 0 bridgehead atoms. The number of nitrogens with one attached hydrogen (secondary N) is 1. The highest BCUT2D eigenvalue weighted by atomic mass is 19.4. The number of benzene rings is 1. The van der Waals surface area contributed by atoms with E-state index in [1.54, 1.807) is 12.4 Å². The van der Waals surface area contributed by atoms with Gasteiger partial charge in [0.15, 0.2) is 0 Å². The predicted molar refractivity (Wildman–Crippen MR) is 111 cm³/mol. The van der Waals surface area contributed by atoms with Crippen LogP contribution in [0.1, 0.15) is 17.2 Å². The van der Waals surface area contributed by atoms with Gasteiger partial charge in [-0.25, -0.2) is 9.97 Å². The Kier molecular flexibility index (Phi) is 5.79. The standard InChI is InChI=1S/C20H23F3N8/c21-20(22,23)15-3-1-13(2-4-15)16(9-24)30-5-7-31(8-6-30)19-17(14-10-28-29-11-14)18(25)26-12-27-19/h1-4,10-12,16H,5-9,24H2,(H,28,29)(H2,25,26,27)/t16-/m1/s1. The molecule has 164 valence electrons. The first-order chi connectivity index (χ1) is 14.9. The van der Waals surface area contributed by atoms with Gasteiger partial charge in [-0.15, -0.1) is 0 Å². The molecule has 1 aliphatic heterocycles. The number of aromatic nitrogens is 4. The van der Waals surface area contributed by atoms with Crippen LogP contribution in [0.3, 0.4) is 0 Å². The maximum atomic E-state index is 12.9. The lowest BCUT2D eigenvalue weighted by Gasteiger charge is -2.40. The zero-order valence-corrected chi connectivity index (χ0v) is 16.7. The number of nitrogen functional groups attached to an aromatic ring is 1. The molecular formula is C20H23F3N8. The summed E-state index contributed by atoms with van der Waals surface area (Å²) in [6.45, 7) is 3.00. The van der Waals surface area contributed by atoms with Gasteiger partial charge in [0.2, 0.25) is 0 Å². The van der Waals surface area contributed by atoms with Crippen LogP contribution in [0.4, 0.5) is 24.8 Å². The Morgan fingerprint density at radius 1 is 1.06 bits per heavy atom. The monoisotopic (exact) mass is 432 g/mol. The average molecular weight is 432 g/mol. The molecule has 1 atom stereocenters. The number of hydrogen-bond donors (Lipinski definition) is 3. The Morgan fingerprint density at radius 2 is 1.77 bits per heavy atom. The maximum Gasteiger partial charge on any atom is 0.416 e. The van der Waals surface area contributed by atoms with E-state index in [1.165, 1.54) is 18.5 Å². The minimum Gasteiger partial charge on any atom is -0.383 e. The van der Waals surface area contributed by atoms with E-state index in [2.05, 4.69) is 30.0 Å². The lowest BCUT2D eigenvalue weighted by atomic mass is 10.0. The third kappa shape index (κ3) is 4.32. The molecule has 3 heterocycles. The van der Waals surface area contributed by atoms with Crippen LogP contribution in [0.15, 0.2) is 43.0 Å². The summed E-state index contributed by atoms with van der Waals surface area (Å²) in [5.41, 5.74) is 13.7. The first kappa shape index (κ1) is 21.1. The molecule has 2 aromatic heterocycles. The van der Waals surface area contributed by atoms with Crippen LogP contribution >= 0.6 is 0 Å². The fourth-order valence-corrected chi connectivity index (χ4v) is 3.93. The number of alkyl halides is 3. The van der Waals surface area contributed by atoms with Crippen molar-refractivity contribution in [3.8, 4) is 11.1 Å². The van der Waals surface area contributed by atoms with Crippen LogP contribution in [-0.4, -0.2) is 57.8 Å². The van der Waals surface area contributed by atoms with E-state index >= 15 is 0 Å². The van der Waals surface area contributed by atoms with Crippen molar-refractivity contribution < 1.29 is 13.2 Å². The highest BCUT2D eigenvalue weighted by molar-refractivity contribution is 5.83. The summed E-state index contributed by atoms with van der Waals surface area (Å²) in [6.07, 6.45) is 0.494. The molecule has 1 saturated heterocycles. The number of rotatable bonds is 5. The zero-order chi connectivity index (χ0) is 22.0. The topological polar surface area (TPSA) is 113 Å². The van der Waals surface area contributed by atoms with E-state index in [-0.39, 0.29) is 6.04 Å². The fourth-order valence-electron chi connectivity index (χ4n) is 3.93. The lowest BCUT2D eigenvalue weighted by molar-refractivity contribution is -0.137. The predicted octanol–water partition coefficient (Wildman–Crippen LogP) is 2.29. The Balaban J connectivity index is 1.49. The van der Waals surface area contributed by atoms with Crippen LogP contribution in [0.25, 0.3) is 11.1 Å². The van der Waals surface area contributed by atoms with Crippen LogP contribution in [0.2, 0.25) is 0 Å². The van der Waals surface area contributed by atoms with Crippen molar-refractivity contribution in [1.82, 2.24) is 25.1 Å². The minimum atomic E-state index is -4.35. The van der Waals surface area contributed by atoms with E-state index in [0.717, 1.165) is 34.6 Å². The van der Waals surface area contributed by atoms with Crippen molar-refractivity contribution in [2.75, 3.05) is 43.4 Å². The molecule has 1 fully saturated rings. The molecule has 1 aromatic carbocycles. The number of nitrogens with two attached hydrogens (primary N) is 2. The van der Waals surface area contributed by atoms with Gasteiger partial charge in [-0.1, -0.05) is 12.1 Å². The molecule has 8 nitrogen and oxygen atoms in total. The van der Waals surface area contributed by atoms with E-state index in [0.29, 0.717) is 38.5 Å².